The predicted octanol–water partition coefficient (Wildman–Crippen LogP) is 0.605. The van der Waals surface area contributed by atoms with Gasteiger partial charge in [-0.15, -0.1) is 0 Å². The van der Waals surface area contributed by atoms with Gasteiger partial charge in [-0.25, -0.2) is 0 Å². The molecule has 250 valence electrons. The third-order valence-electron chi connectivity index (χ3n) is 5.56. The van der Waals surface area contributed by atoms with E-state index in [1.165, 1.54) is 13.8 Å². The van der Waals surface area contributed by atoms with Crippen LogP contribution in [-0.4, -0.2) is 113 Å². The molecule has 4 amide bonds. The second-order valence-corrected chi connectivity index (χ2v) is 10.9. The molecule has 0 rings (SSSR count). The first-order valence-electron chi connectivity index (χ1n) is 15.0. The summed E-state index contributed by atoms with van der Waals surface area (Å²) in [4.78, 5) is 60.2. The SMILES string of the molecule is CCCCC(=O)N[C@@H](C)C(=O)N[C@@H](C)C(=O)N[C@@H](C)C(=O)NCCOCCOCCOCCOCCC(=O)OC(C)(C)C. The number of unbranched alkanes of at least 4 members (excludes halogenated alkanes) is 1. The van der Waals surface area contributed by atoms with Crippen LogP contribution >= 0.6 is 0 Å². The van der Waals surface area contributed by atoms with E-state index in [9.17, 15) is 24.0 Å². The largest absolute Gasteiger partial charge is 0.460 e. The summed E-state index contributed by atoms with van der Waals surface area (Å²) in [5.41, 5.74) is -0.501. The molecule has 0 unspecified atom stereocenters. The summed E-state index contributed by atoms with van der Waals surface area (Å²) in [6.45, 7) is 15.0. The average Bonchev–Trinajstić information content (AvgIpc) is 2.92. The van der Waals surface area contributed by atoms with Crippen LogP contribution in [-0.2, 0) is 47.7 Å². The number of hydrogen-bond donors (Lipinski definition) is 4. The van der Waals surface area contributed by atoms with E-state index in [4.69, 9.17) is 23.7 Å². The zero-order valence-electron chi connectivity index (χ0n) is 27.0. The fourth-order valence-corrected chi connectivity index (χ4v) is 3.23. The monoisotopic (exact) mass is 618 g/mol. The Morgan fingerprint density at radius 3 is 1.53 bits per heavy atom. The predicted molar refractivity (Wildman–Crippen MR) is 159 cm³/mol. The zero-order valence-corrected chi connectivity index (χ0v) is 27.0. The Hall–Kier alpha value is -2.81. The first-order chi connectivity index (χ1) is 20.3. The Kier molecular flexibility index (Phi) is 22.1. The van der Waals surface area contributed by atoms with Gasteiger partial charge in [0.25, 0.3) is 0 Å². The molecule has 14 heteroatoms. The maximum Gasteiger partial charge on any atom is 0.308 e. The van der Waals surface area contributed by atoms with Crippen molar-refractivity contribution >= 4 is 29.6 Å². The molecule has 4 N–H and O–H groups in total. The summed E-state index contributed by atoms with van der Waals surface area (Å²) in [6, 6.07) is -2.50. The molecular weight excluding hydrogens is 564 g/mol. The highest BCUT2D eigenvalue weighted by atomic mass is 16.6. The molecule has 0 spiro atoms. The van der Waals surface area contributed by atoms with Crippen molar-refractivity contribution in [3.63, 3.8) is 0 Å². The van der Waals surface area contributed by atoms with Crippen LogP contribution in [0, 0.1) is 0 Å². The highest BCUT2D eigenvalue weighted by Gasteiger charge is 2.23. The molecule has 0 saturated carbocycles. The van der Waals surface area contributed by atoms with Crippen molar-refractivity contribution in [1.29, 1.82) is 0 Å². The average molecular weight is 619 g/mol. The Balaban J connectivity index is 3.78. The summed E-state index contributed by atoms with van der Waals surface area (Å²) >= 11 is 0. The first kappa shape index (κ1) is 40.2. The summed E-state index contributed by atoms with van der Waals surface area (Å²) in [6.07, 6.45) is 2.14. The van der Waals surface area contributed by atoms with E-state index in [0.29, 0.717) is 46.1 Å². The molecule has 0 aromatic heterocycles. The molecule has 0 radical (unpaired) electrons. The summed E-state index contributed by atoms with van der Waals surface area (Å²) < 4.78 is 26.7. The lowest BCUT2D eigenvalue weighted by molar-refractivity contribution is -0.156. The number of ether oxygens (including phenoxy) is 5. The minimum Gasteiger partial charge on any atom is -0.460 e. The van der Waals surface area contributed by atoms with Crippen molar-refractivity contribution in [2.45, 2.75) is 97.9 Å². The fourth-order valence-electron chi connectivity index (χ4n) is 3.23. The van der Waals surface area contributed by atoms with Crippen molar-refractivity contribution < 1.29 is 47.7 Å². The second-order valence-electron chi connectivity index (χ2n) is 10.9. The maximum absolute atomic E-state index is 12.4. The number of rotatable bonds is 24. The van der Waals surface area contributed by atoms with Crippen LogP contribution in [0.4, 0.5) is 0 Å². The standard InChI is InChI=1S/C29H54N4O10/c1-8-9-10-24(34)31-22(3)27(37)33-23(4)28(38)32-21(2)26(36)30-12-14-40-16-18-42-20-19-41-17-15-39-13-11-25(35)43-29(5,6)7/h21-23H,8-20H2,1-7H3,(H,30,36)(H,31,34)(H,32,38)(H,33,37)/t21-,22-,23-/m0/s1. The molecule has 0 saturated heterocycles. The molecule has 0 aliphatic rings. The molecule has 0 aliphatic carbocycles. The zero-order chi connectivity index (χ0) is 32.7. The van der Waals surface area contributed by atoms with Gasteiger partial charge >= 0.3 is 5.97 Å². The molecule has 3 atom stereocenters. The van der Waals surface area contributed by atoms with E-state index < -0.39 is 41.4 Å². The molecule has 0 fully saturated rings. The van der Waals surface area contributed by atoms with E-state index in [1.807, 2.05) is 27.7 Å². The molecule has 0 heterocycles. The van der Waals surface area contributed by atoms with Gasteiger partial charge in [-0.2, -0.15) is 0 Å². The first-order valence-corrected chi connectivity index (χ1v) is 15.0. The second kappa shape index (κ2) is 23.6. The van der Waals surface area contributed by atoms with Crippen LogP contribution in [0.1, 0.15) is 74.1 Å². The van der Waals surface area contributed by atoms with Gasteiger partial charge in [0, 0.05) is 13.0 Å². The molecular formula is C29H54N4O10. The fraction of sp³-hybridized carbons (Fsp3) is 0.828. The minimum absolute atomic E-state index is 0.197. The van der Waals surface area contributed by atoms with Crippen LogP contribution in [0.25, 0.3) is 0 Å². The lowest BCUT2D eigenvalue weighted by Gasteiger charge is -2.20. The summed E-state index contributed by atoms with van der Waals surface area (Å²) in [7, 11) is 0. The van der Waals surface area contributed by atoms with Gasteiger partial charge < -0.3 is 45.0 Å². The molecule has 43 heavy (non-hydrogen) atoms. The summed E-state index contributed by atoms with van der Waals surface area (Å²) in [5, 5.41) is 10.4. The van der Waals surface area contributed by atoms with Gasteiger partial charge in [0.1, 0.15) is 23.7 Å². The Morgan fingerprint density at radius 1 is 0.605 bits per heavy atom. The molecule has 14 nitrogen and oxygen atoms in total. The lowest BCUT2D eigenvalue weighted by atomic mass is 10.2. The van der Waals surface area contributed by atoms with E-state index in [-0.39, 0.29) is 38.1 Å². The smallest absolute Gasteiger partial charge is 0.308 e. The van der Waals surface area contributed by atoms with E-state index in [0.717, 1.165) is 12.8 Å². The quantitative estimate of drug-likeness (QED) is 0.0884. The van der Waals surface area contributed by atoms with Crippen LogP contribution in [0.15, 0.2) is 0 Å². The number of esters is 1. The summed E-state index contributed by atoms with van der Waals surface area (Å²) in [5.74, 6) is -1.92. The third kappa shape index (κ3) is 23.3. The number of amides is 4. The van der Waals surface area contributed by atoms with E-state index in [2.05, 4.69) is 21.3 Å². The topological polar surface area (TPSA) is 180 Å². The van der Waals surface area contributed by atoms with Gasteiger partial charge in [-0.3, -0.25) is 24.0 Å². The molecule has 0 bridgehead atoms. The van der Waals surface area contributed by atoms with Gasteiger partial charge in [-0.1, -0.05) is 13.3 Å². The maximum atomic E-state index is 12.4. The van der Waals surface area contributed by atoms with Crippen LogP contribution in [0.3, 0.4) is 0 Å². The van der Waals surface area contributed by atoms with E-state index in [1.54, 1.807) is 6.92 Å². The number of nitrogens with one attached hydrogen (secondary N) is 4. The molecule has 0 aromatic rings. The van der Waals surface area contributed by atoms with E-state index >= 15 is 0 Å². The van der Waals surface area contributed by atoms with Crippen molar-refractivity contribution in [2.75, 3.05) is 59.4 Å². The van der Waals surface area contributed by atoms with Crippen LogP contribution in [0.2, 0.25) is 0 Å². The van der Waals surface area contributed by atoms with Crippen molar-refractivity contribution in [3.8, 4) is 0 Å². The van der Waals surface area contributed by atoms with Crippen molar-refractivity contribution in [1.82, 2.24) is 21.3 Å². The number of hydrogen-bond acceptors (Lipinski definition) is 10. The van der Waals surface area contributed by atoms with Gasteiger partial charge in [-0.05, 0) is 48.0 Å². The normalized spacial score (nSPS) is 13.4. The minimum atomic E-state index is -0.893. The molecule has 0 aliphatic heterocycles. The Bertz CT molecular complexity index is 835. The van der Waals surface area contributed by atoms with Crippen LogP contribution in [0.5, 0.6) is 0 Å². The van der Waals surface area contributed by atoms with Crippen molar-refractivity contribution in [2.24, 2.45) is 0 Å². The highest BCUT2D eigenvalue weighted by molar-refractivity contribution is 5.93. The Morgan fingerprint density at radius 2 is 1.05 bits per heavy atom. The lowest BCUT2D eigenvalue weighted by Crippen LogP contribution is -2.54. The van der Waals surface area contributed by atoms with Gasteiger partial charge in [0.05, 0.1) is 59.3 Å². The van der Waals surface area contributed by atoms with Crippen LogP contribution < -0.4 is 21.3 Å². The van der Waals surface area contributed by atoms with Crippen molar-refractivity contribution in [3.05, 3.63) is 0 Å². The third-order valence-corrected chi connectivity index (χ3v) is 5.56. The van der Waals surface area contributed by atoms with Gasteiger partial charge in [0.15, 0.2) is 0 Å². The molecule has 0 aromatic carbocycles. The number of carbonyl (C=O) groups is 5. The van der Waals surface area contributed by atoms with Gasteiger partial charge in [0.2, 0.25) is 23.6 Å². The number of carbonyl (C=O) groups excluding carboxylic acids is 5. The highest BCUT2D eigenvalue weighted by Crippen LogP contribution is 2.08. The Labute approximate surface area is 256 Å².